The largest absolute Gasteiger partial charge is 0.459 e. The number of carbonyl (C=O) groups is 2. The summed E-state index contributed by atoms with van der Waals surface area (Å²) in [5.41, 5.74) is 5.21. The lowest BCUT2D eigenvalue weighted by molar-refractivity contribution is -0.147. The van der Waals surface area contributed by atoms with Gasteiger partial charge in [0.05, 0.1) is 17.3 Å². The van der Waals surface area contributed by atoms with Gasteiger partial charge in [0, 0.05) is 36.3 Å². The van der Waals surface area contributed by atoms with Crippen LogP contribution in [0.1, 0.15) is 185 Å². The molecule has 3 fully saturated rings. The van der Waals surface area contributed by atoms with Crippen molar-refractivity contribution in [1.82, 2.24) is 0 Å². The van der Waals surface area contributed by atoms with Crippen molar-refractivity contribution in [3.63, 3.8) is 0 Å². The van der Waals surface area contributed by atoms with Gasteiger partial charge in [-0.2, -0.15) is 0 Å². The molecule has 1 saturated heterocycles. The lowest BCUT2D eigenvalue weighted by Crippen LogP contribution is -2.49. The van der Waals surface area contributed by atoms with Gasteiger partial charge < -0.3 is 19.7 Å². The Morgan fingerprint density at radius 1 is 0.710 bits per heavy atom. The first-order chi connectivity index (χ1) is 29.2. The second-order valence-corrected chi connectivity index (χ2v) is 20.4. The summed E-state index contributed by atoms with van der Waals surface area (Å²) in [5, 5.41) is 21.1. The first-order valence-electron chi connectivity index (χ1n) is 23.9. The van der Waals surface area contributed by atoms with E-state index in [-0.39, 0.29) is 28.7 Å². The Kier molecular flexibility index (Phi) is 20.9. The fourth-order valence-corrected chi connectivity index (χ4v) is 9.83. The van der Waals surface area contributed by atoms with Gasteiger partial charge in [-0.05, 0) is 89.9 Å². The summed E-state index contributed by atoms with van der Waals surface area (Å²) < 4.78 is 12.4. The number of hydrogen-bond donors (Lipinski definition) is 2. The number of rotatable bonds is 24. The van der Waals surface area contributed by atoms with Gasteiger partial charge in [0.2, 0.25) is 0 Å². The SMILES string of the molecule is CCCCCCCCCCCCCC=CC(=O)OC1CC(C)(C)C2(CC(=O)C(C)=CC=CC(C)=CC=CC=C(C)C=CC=C(C)C=C=C3C(C)(C)CC(O)CC3(C)O)OC2(C)C1. The molecule has 2 saturated carbocycles. The van der Waals surface area contributed by atoms with Crippen LogP contribution in [-0.4, -0.2) is 51.0 Å². The second kappa shape index (κ2) is 24.5. The predicted molar refractivity (Wildman–Crippen MR) is 259 cm³/mol. The van der Waals surface area contributed by atoms with Crippen molar-refractivity contribution in [2.24, 2.45) is 10.8 Å². The van der Waals surface area contributed by atoms with E-state index in [1.54, 1.807) is 13.0 Å². The van der Waals surface area contributed by atoms with E-state index >= 15 is 0 Å². The number of aliphatic hydroxyl groups excluding tert-OH is 1. The minimum atomic E-state index is -1.08. The van der Waals surface area contributed by atoms with E-state index in [9.17, 15) is 19.8 Å². The van der Waals surface area contributed by atoms with Crippen LogP contribution in [0.4, 0.5) is 0 Å². The number of Topliss-reactive ketones (excluding diaryl/α,β-unsaturated/α-hetero) is 1. The van der Waals surface area contributed by atoms with E-state index in [4.69, 9.17) is 9.47 Å². The zero-order valence-electron chi connectivity index (χ0n) is 40.7. The van der Waals surface area contributed by atoms with Crippen molar-refractivity contribution >= 4 is 11.8 Å². The van der Waals surface area contributed by atoms with Crippen LogP contribution in [0.2, 0.25) is 0 Å². The maximum atomic E-state index is 13.5. The highest BCUT2D eigenvalue weighted by molar-refractivity contribution is 5.96. The fraction of sp³-hybridized carbons (Fsp3) is 0.625. The first kappa shape index (κ1) is 52.8. The molecular formula is C56H84O6. The van der Waals surface area contributed by atoms with Gasteiger partial charge in [-0.25, -0.2) is 4.79 Å². The number of hydrogen-bond acceptors (Lipinski definition) is 6. The summed E-state index contributed by atoms with van der Waals surface area (Å²) in [6.45, 7) is 22.4. The molecule has 5 atom stereocenters. The Balaban J connectivity index is 1.42. The molecule has 62 heavy (non-hydrogen) atoms. The lowest BCUT2D eigenvalue weighted by Gasteiger charge is -2.43. The molecule has 0 bridgehead atoms. The molecule has 6 nitrogen and oxygen atoms in total. The Labute approximate surface area is 377 Å². The van der Waals surface area contributed by atoms with Crippen LogP contribution in [0.15, 0.2) is 113 Å². The number of unbranched alkanes of at least 4 members (excludes halogenated alkanes) is 11. The molecule has 0 radical (unpaired) electrons. The molecule has 0 aromatic rings. The molecular weight excluding hydrogens is 769 g/mol. The average Bonchev–Trinajstić information content (AvgIpc) is 3.78. The summed E-state index contributed by atoms with van der Waals surface area (Å²) in [7, 11) is 0. The van der Waals surface area contributed by atoms with Crippen LogP contribution in [0, 0.1) is 10.8 Å². The minimum absolute atomic E-state index is 0.0718. The Morgan fingerprint density at radius 3 is 1.82 bits per heavy atom. The summed E-state index contributed by atoms with van der Waals surface area (Å²) in [6.07, 6.45) is 42.5. The van der Waals surface area contributed by atoms with Gasteiger partial charge in [-0.3, -0.25) is 4.79 Å². The van der Waals surface area contributed by atoms with Crippen molar-refractivity contribution in [2.45, 2.75) is 214 Å². The smallest absolute Gasteiger partial charge is 0.330 e. The molecule has 1 heterocycles. The molecule has 6 heteroatoms. The minimum Gasteiger partial charge on any atom is -0.459 e. The highest BCUT2D eigenvalue weighted by Gasteiger charge is 2.76. The third-order valence-corrected chi connectivity index (χ3v) is 13.3. The Morgan fingerprint density at radius 2 is 1.26 bits per heavy atom. The Bertz CT molecular complexity index is 1790. The topological polar surface area (TPSA) is 96.4 Å². The average molecular weight is 853 g/mol. The number of allylic oxidation sites excluding steroid dienone is 15. The standard InChI is InChI=1S/C56H84O6/c1-12-13-14-15-16-17-18-19-20-21-22-23-24-35-51(59)61-48-40-53(8,9)56(55(11,41-48)62-56)42-49(58)46(5)34-28-33-44(3)30-26-25-29-43(2)31-27-32-45(4)36-37-50-52(6,7)38-47(57)39-54(50,10)60/h24-36,47-48,57,60H,12-23,38-42H2,1-11H3. The maximum Gasteiger partial charge on any atom is 0.330 e. The molecule has 0 amide bonds. The molecule has 2 aliphatic carbocycles. The van der Waals surface area contributed by atoms with E-state index in [1.165, 1.54) is 64.2 Å². The number of carbonyl (C=O) groups excluding carboxylic acids is 2. The molecule has 1 aliphatic heterocycles. The van der Waals surface area contributed by atoms with Gasteiger partial charge in [0.25, 0.3) is 0 Å². The Hall–Kier alpha value is -3.54. The van der Waals surface area contributed by atoms with Crippen LogP contribution in [0.25, 0.3) is 0 Å². The predicted octanol–water partition coefficient (Wildman–Crippen LogP) is 13.9. The molecule has 3 aliphatic rings. The number of esters is 1. The number of ketones is 1. The van der Waals surface area contributed by atoms with Crippen molar-refractivity contribution in [2.75, 3.05) is 0 Å². The van der Waals surface area contributed by atoms with Gasteiger partial charge >= 0.3 is 5.97 Å². The van der Waals surface area contributed by atoms with E-state index in [0.29, 0.717) is 37.7 Å². The van der Waals surface area contributed by atoms with Crippen LogP contribution < -0.4 is 0 Å². The van der Waals surface area contributed by atoms with Crippen LogP contribution >= 0.6 is 0 Å². The molecule has 5 unspecified atom stereocenters. The molecule has 344 valence electrons. The number of fused-ring (bicyclic) bond motifs is 1. The highest BCUT2D eigenvalue weighted by Crippen LogP contribution is 2.67. The summed E-state index contributed by atoms with van der Waals surface area (Å²) >= 11 is 0. The molecule has 0 aromatic carbocycles. The number of epoxide rings is 1. The quantitative estimate of drug-likeness (QED) is 0.0251. The fourth-order valence-electron chi connectivity index (χ4n) is 9.83. The van der Waals surface area contributed by atoms with Gasteiger partial charge in [-0.1, -0.05) is 177 Å². The molecule has 2 N–H and O–H groups in total. The van der Waals surface area contributed by atoms with E-state index in [2.05, 4.69) is 33.4 Å². The van der Waals surface area contributed by atoms with Crippen LogP contribution in [0.5, 0.6) is 0 Å². The summed E-state index contributed by atoms with van der Waals surface area (Å²) in [4.78, 5) is 26.3. The van der Waals surface area contributed by atoms with Gasteiger partial charge in [0.15, 0.2) is 5.78 Å². The molecule has 0 spiro atoms. The van der Waals surface area contributed by atoms with Crippen LogP contribution in [-0.2, 0) is 19.1 Å². The van der Waals surface area contributed by atoms with Crippen molar-refractivity contribution in [3.8, 4) is 0 Å². The monoisotopic (exact) mass is 853 g/mol. The van der Waals surface area contributed by atoms with Crippen molar-refractivity contribution in [3.05, 3.63) is 113 Å². The number of aliphatic hydroxyl groups is 2. The normalized spacial score (nSPS) is 27.9. The maximum absolute atomic E-state index is 13.5. The first-order valence-corrected chi connectivity index (χ1v) is 23.9. The van der Waals surface area contributed by atoms with E-state index in [1.807, 2.05) is 114 Å². The van der Waals surface area contributed by atoms with Gasteiger partial charge in [0.1, 0.15) is 11.7 Å². The second-order valence-electron chi connectivity index (χ2n) is 20.4. The van der Waals surface area contributed by atoms with E-state index < -0.39 is 22.9 Å². The summed E-state index contributed by atoms with van der Waals surface area (Å²) in [6, 6.07) is 0. The van der Waals surface area contributed by atoms with Crippen LogP contribution in [0.3, 0.4) is 0 Å². The third-order valence-electron chi connectivity index (χ3n) is 13.3. The lowest BCUT2D eigenvalue weighted by atomic mass is 9.61. The number of ether oxygens (including phenoxy) is 2. The molecule has 3 rings (SSSR count). The third kappa shape index (κ3) is 16.5. The van der Waals surface area contributed by atoms with Gasteiger partial charge in [-0.15, -0.1) is 5.73 Å². The molecule has 0 aromatic heterocycles. The van der Waals surface area contributed by atoms with Crippen molar-refractivity contribution in [1.29, 1.82) is 0 Å². The zero-order valence-corrected chi connectivity index (χ0v) is 40.7. The van der Waals surface area contributed by atoms with Crippen molar-refractivity contribution < 1.29 is 29.3 Å². The highest BCUT2D eigenvalue weighted by atomic mass is 16.6. The zero-order chi connectivity index (χ0) is 46.0. The summed E-state index contributed by atoms with van der Waals surface area (Å²) in [5.74, 6) is -0.212. The van der Waals surface area contributed by atoms with E-state index in [0.717, 1.165) is 35.1 Å².